The zero-order valence-corrected chi connectivity index (χ0v) is 25.7. The number of fused-ring (bicyclic) bond motifs is 1. The monoisotopic (exact) mass is 589 g/mol. The first-order valence-corrected chi connectivity index (χ1v) is 15.8. The summed E-state index contributed by atoms with van der Waals surface area (Å²) in [6.45, 7) is 3.91. The smallest absolute Gasteiger partial charge is 0.0664 e. The summed E-state index contributed by atoms with van der Waals surface area (Å²) in [5, 5.41) is 2.52. The maximum atomic E-state index is 4.44. The summed E-state index contributed by atoms with van der Waals surface area (Å²) in [6.07, 6.45) is 2.23. The Morgan fingerprint density at radius 1 is 0.478 bits per heavy atom. The van der Waals surface area contributed by atoms with Gasteiger partial charge in [0, 0.05) is 11.8 Å². The fourth-order valence-corrected chi connectivity index (χ4v) is 6.60. The second-order valence-corrected chi connectivity index (χ2v) is 11.6. The summed E-state index contributed by atoms with van der Waals surface area (Å²) in [4.78, 5) is 4.44. The summed E-state index contributed by atoms with van der Waals surface area (Å²) in [7, 11) is 0. The molecule has 1 atom stereocenters. The first-order chi connectivity index (χ1) is 22.8. The van der Waals surface area contributed by atoms with E-state index < -0.39 is 0 Å². The summed E-state index contributed by atoms with van der Waals surface area (Å²) in [5.74, 6) is 0.101. The lowest BCUT2D eigenvalue weighted by molar-refractivity contribution is 0.990. The zero-order valence-electron chi connectivity index (χ0n) is 25.7. The highest BCUT2D eigenvalue weighted by atomic mass is 14.7. The van der Waals surface area contributed by atoms with Crippen LogP contribution in [0.4, 0.5) is 0 Å². The number of benzene rings is 7. The molecule has 0 aromatic heterocycles. The van der Waals surface area contributed by atoms with Crippen LogP contribution in [0, 0.1) is 0 Å². The van der Waals surface area contributed by atoms with Crippen molar-refractivity contribution in [3.8, 4) is 11.1 Å². The minimum absolute atomic E-state index is 0.0217. The van der Waals surface area contributed by atoms with Crippen molar-refractivity contribution in [2.75, 3.05) is 0 Å². The van der Waals surface area contributed by atoms with Gasteiger partial charge in [-0.3, -0.25) is 4.99 Å². The molecule has 0 saturated carbocycles. The average molecular weight is 590 g/mol. The lowest BCUT2D eigenvalue weighted by atomic mass is 9.78. The zero-order chi connectivity index (χ0) is 31.1. The molecule has 0 aliphatic rings. The minimum Gasteiger partial charge on any atom is -0.264 e. The molecule has 0 N–H and O–H groups in total. The second kappa shape index (κ2) is 13.5. The molecule has 0 bridgehead atoms. The first-order valence-electron chi connectivity index (χ1n) is 15.8. The first kappa shape index (κ1) is 29.0. The topological polar surface area (TPSA) is 12.4 Å². The van der Waals surface area contributed by atoms with Crippen molar-refractivity contribution in [2.45, 2.75) is 11.8 Å². The molecule has 0 amide bonds. The van der Waals surface area contributed by atoms with E-state index in [1.807, 2.05) is 18.2 Å². The lowest BCUT2D eigenvalue weighted by Gasteiger charge is -2.24. The molecule has 7 rings (SSSR count). The van der Waals surface area contributed by atoms with Gasteiger partial charge in [-0.25, -0.2) is 0 Å². The van der Waals surface area contributed by atoms with E-state index in [4.69, 9.17) is 0 Å². The van der Waals surface area contributed by atoms with E-state index in [0.717, 1.165) is 11.3 Å². The van der Waals surface area contributed by atoms with Crippen molar-refractivity contribution in [1.82, 2.24) is 0 Å². The Kier molecular flexibility index (Phi) is 8.47. The molecular formula is C45H35N. The van der Waals surface area contributed by atoms with E-state index in [0.29, 0.717) is 0 Å². The van der Waals surface area contributed by atoms with Crippen molar-refractivity contribution < 1.29 is 0 Å². The molecular weight excluding hydrogens is 555 g/mol. The molecule has 0 aliphatic heterocycles. The molecule has 0 fully saturated rings. The van der Waals surface area contributed by atoms with Gasteiger partial charge in [0.2, 0.25) is 0 Å². The van der Waals surface area contributed by atoms with E-state index in [9.17, 15) is 0 Å². The third kappa shape index (κ3) is 5.96. The molecule has 7 aromatic carbocycles. The molecule has 1 heteroatoms. The maximum Gasteiger partial charge on any atom is 0.0664 e. The van der Waals surface area contributed by atoms with Gasteiger partial charge in [0.15, 0.2) is 0 Å². The summed E-state index contributed by atoms with van der Waals surface area (Å²) < 4.78 is 0. The largest absolute Gasteiger partial charge is 0.264 e. The Bertz CT molecular complexity index is 2040. The molecule has 0 saturated heterocycles. The normalized spacial score (nSPS) is 12.2. The number of aliphatic imine (C=N–C) groups is 1. The highest BCUT2D eigenvalue weighted by molar-refractivity contribution is 5.93. The fourth-order valence-electron chi connectivity index (χ4n) is 6.60. The number of hydrogen-bond acceptors (Lipinski definition) is 1. The minimum atomic E-state index is 0.0217. The van der Waals surface area contributed by atoms with Gasteiger partial charge in [-0.15, -0.1) is 0 Å². The van der Waals surface area contributed by atoms with Crippen LogP contribution in [0.15, 0.2) is 193 Å². The van der Waals surface area contributed by atoms with Gasteiger partial charge in [0.1, 0.15) is 0 Å². The summed E-state index contributed by atoms with van der Waals surface area (Å²) >= 11 is 0. The van der Waals surface area contributed by atoms with Crippen molar-refractivity contribution in [3.05, 3.63) is 221 Å². The molecule has 46 heavy (non-hydrogen) atoms. The van der Waals surface area contributed by atoms with Gasteiger partial charge in [-0.05, 0) is 68.1 Å². The van der Waals surface area contributed by atoms with Crippen LogP contribution in [0.1, 0.15) is 45.2 Å². The molecule has 7 aromatic rings. The third-order valence-corrected chi connectivity index (χ3v) is 8.83. The van der Waals surface area contributed by atoms with Gasteiger partial charge in [0.05, 0.1) is 5.70 Å². The highest BCUT2D eigenvalue weighted by Crippen LogP contribution is 2.42. The van der Waals surface area contributed by atoms with E-state index in [1.165, 1.54) is 49.7 Å². The maximum absolute atomic E-state index is 4.44. The van der Waals surface area contributed by atoms with Crippen molar-refractivity contribution in [3.63, 3.8) is 0 Å². The van der Waals surface area contributed by atoms with E-state index >= 15 is 0 Å². The van der Waals surface area contributed by atoms with Gasteiger partial charge in [-0.1, -0.05) is 182 Å². The summed E-state index contributed by atoms with van der Waals surface area (Å²) in [5.41, 5.74) is 10.7. The van der Waals surface area contributed by atoms with E-state index in [2.05, 4.69) is 182 Å². The van der Waals surface area contributed by atoms with Crippen LogP contribution in [-0.2, 0) is 0 Å². The Morgan fingerprint density at radius 3 is 1.57 bits per heavy atom. The number of rotatable bonds is 9. The highest BCUT2D eigenvalue weighted by Gasteiger charge is 2.23. The average Bonchev–Trinajstić information content (AvgIpc) is 3.14. The van der Waals surface area contributed by atoms with Crippen LogP contribution in [0.25, 0.3) is 27.6 Å². The molecule has 1 unspecified atom stereocenters. The molecule has 0 radical (unpaired) electrons. The van der Waals surface area contributed by atoms with Crippen LogP contribution in [0.3, 0.4) is 0 Å². The van der Waals surface area contributed by atoms with Crippen LogP contribution < -0.4 is 0 Å². The summed E-state index contributed by atoms with van der Waals surface area (Å²) in [6, 6.07) is 65.1. The van der Waals surface area contributed by atoms with Crippen LogP contribution in [0.5, 0.6) is 0 Å². The third-order valence-electron chi connectivity index (χ3n) is 8.83. The molecule has 0 heterocycles. The SMILES string of the molecule is C=N/C(=C\C(c1ccccc1)c1ccc(-c2ccc3ccccc3c2C(c2ccccc2)c2ccccc2)cc1)c1ccccc1. The number of allylic oxidation sites excluding steroid dienone is 1. The number of hydrogen-bond donors (Lipinski definition) is 0. The van der Waals surface area contributed by atoms with Gasteiger partial charge in [0.25, 0.3) is 0 Å². The van der Waals surface area contributed by atoms with Crippen molar-refractivity contribution in [2.24, 2.45) is 4.99 Å². The van der Waals surface area contributed by atoms with E-state index in [-0.39, 0.29) is 11.8 Å². The Hall–Kier alpha value is -5.79. The van der Waals surface area contributed by atoms with Gasteiger partial charge in [-0.2, -0.15) is 0 Å². The predicted octanol–water partition coefficient (Wildman–Crippen LogP) is 11.6. The van der Waals surface area contributed by atoms with Crippen LogP contribution in [0.2, 0.25) is 0 Å². The van der Waals surface area contributed by atoms with Crippen LogP contribution in [-0.4, -0.2) is 6.72 Å². The Morgan fingerprint density at radius 2 is 0.978 bits per heavy atom. The van der Waals surface area contributed by atoms with Crippen LogP contribution >= 0.6 is 0 Å². The standard InChI is InChI=1S/C45H35N/c1-46-43(37-19-8-3-9-20-37)32-42(33-16-6-2-7-17-33)36-28-26-35(27-29-36)41-31-30-34-18-14-15-25-40(34)45(41)44(38-21-10-4-11-22-38)39-23-12-5-13-24-39/h2-32,42,44H,1H2/b43-32-. The molecule has 0 aliphatic carbocycles. The lowest BCUT2D eigenvalue weighted by Crippen LogP contribution is -2.06. The Balaban J connectivity index is 1.38. The molecule has 220 valence electrons. The van der Waals surface area contributed by atoms with Crippen molar-refractivity contribution in [1.29, 1.82) is 0 Å². The molecule has 1 nitrogen and oxygen atoms in total. The van der Waals surface area contributed by atoms with E-state index in [1.54, 1.807) is 0 Å². The van der Waals surface area contributed by atoms with Gasteiger partial charge >= 0.3 is 0 Å². The quantitative estimate of drug-likeness (QED) is 0.117. The fraction of sp³-hybridized carbons (Fsp3) is 0.0444. The second-order valence-electron chi connectivity index (χ2n) is 11.6. The number of nitrogens with zero attached hydrogens (tertiary/aromatic N) is 1. The predicted molar refractivity (Wildman–Crippen MR) is 195 cm³/mol. The molecule has 0 spiro atoms. The van der Waals surface area contributed by atoms with Gasteiger partial charge < -0.3 is 0 Å². The van der Waals surface area contributed by atoms with Crippen molar-refractivity contribution >= 4 is 23.2 Å². The Labute approximate surface area is 271 Å².